The van der Waals surface area contributed by atoms with Crippen molar-refractivity contribution in [2.24, 2.45) is 0 Å². The Hall–Kier alpha value is -0.430. The van der Waals surface area contributed by atoms with Gasteiger partial charge in [-0.1, -0.05) is 18.2 Å². The number of benzene rings is 1. The van der Waals surface area contributed by atoms with Crippen LogP contribution in [0.4, 0.5) is 5.69 Å². The molecule has 0 amide bonds. The molecule has 0 radical (unpaired) electrons. The second-order valence-corrected chi connectivity index (χ2v) is 5.35. The highest BCUT2D eigenvalue weighted by molar-refractivity contribution is 8.10. The van der Waals surface area contributed by atoms with E-state index in [1.54, 1.807) is 30.3 Å². The molecule has 2 N–H and O–H groups in total. The van der Waals surface area contributed by atoms with Crippen LogP contribution in [0.25, 0.3) is 0 Å². The topological polar surface area (TPSA) is 58.2 Å². The van der Waals surface area contributed by atoms with Crippen LogP contribution in [-0.2, 0) is 10.2 Å². The first-order chi connectivity index (χ1) is 6.64. The molecule has 0 aliphatic heterocycles. The summed E-state index contributed by atoms with van der Waals surface area (Å²) < 4.78 is 27.1. The number of halogens is 1. The van der Waals surface area contributed by atoms with Gasteiger partial charge in [0.15, 0.2) is 0 Å². The van der Waals surface area contributed by atoms with Gasteiger partial charge in [0, 0.05) is 5.69 Å². The van der Waals surface area contributed by atoms with Crippen molar-refractivity contribution >= 4 is 39.4 Å². The lowest BCUT2D eigenvalue weighted by Gasteiger charge is -2.06. The van der Waals surface area contributed by atoms with Crippen LogP contribution >= 0.6 is 23.5 Å². The molecule has 0 spiro atoms. The summed E-state index contributed by atoms with van der Waals surface area (Å²) in [6.07, 6.45) is 0. The minimum Gasteiger partial charge on any atom is -0.270 e. The molecule has 1 rings (SSSR count). The monoisotopic (exact) mass is 252 g/mol. The summed E-state index contributed by atoms with van der Waals surface area (Å²) in [4.78, 5) is 0. The van der Waals surface area contributed by atoms with Gasteiger partial charge in [0.25, 0.3) is 0 Å². The summed E-state index contributed by atoms with van der Waals surface area (Å²) in [5.74, 6) is 0. The Bertz CT molecular complexity index is 369. The van der Waals surface area contributed by atoms with Crippen LogP contribution in [0.1, 0.15) is 0 Å². The van der Waals surface area contributed by atoms with Crippen LogP contribution in [0, 0.1) is 0 Å². The summed E-state index contributed by atoms with van der Waals surface area (Å²) in [6.45, 7) is 0. The van der Waals surface area contributed by atoms with Crippen molar-refractivity contribution in [3.05, 3.63) is 30.3 Å². The molecule has 0 atom stereocenters. The van der Waals surface area contributed by atoms with Crippen LogP contribution in [-0.4, -0.2) is 13.6 Å². The lowest BCUT2D eigenvalue weighted by atomic mass is 10.3. The van der Waals surface area contributed by atoms with E-state index in [2.05, 4.69) is 8.85 Å². The number of rotatable bonds is 5. The average Bonchev–Trinajstić information content (AvgIpc) is 2.16. The number of anilines is 1. The minimum absolute atomic E-state index is 0.162. The van der Waals surface area contributed by atoms with Gasteiger partial charge in [-0.25, -0.2) is 0 Å². The maximum absolute atomic E-state index is 11.3. The zero-order valence-corrected chi connectivity index (χ0v) is 9.49. The molecule has 7 heteroatoms. The standard InChI is InChI=1S/C7H9ClN2O2S2/c8-6-13-10-14(11,12)9-7-4-2-1-3-5-7/h1-5,9-10H,6H2. The first-order valence-corrected chi connectivity index (χ1v) is 6.67. The van der Waals surface area contributed by atoms with Crippen molar-refractivity contribution < 1.29 is 8.42 Å². The Morgan fingerprint density at radius 3 is 2.50 bits per heavy atom. The van der Waals surface area contributed by atoms with Crippen molar-refractivity contribution in [2.75, 3.05) is 9.93 Å². The van der Waals surface area contributed by atoms with E-state index >= 15 is 0 Å². The fourth-order valence-corrected chi connectivity index (χ4v) is 2.59. The van der Waals surface area contributed by atoms with Gasteiger partial charge in [-0.3, -0.25) is 4.72 Å². The molecule has 0 fully saturated rings. The quantitative estimate of drug-likeness (QED) is 0.620. The highest BCUT2D eigenvalue weighted by Crippen LogP contribution is 2.08. The molecular formula is C7H9ClN2O2S2. The zero-order chi connectivity index (χ0) is 10.4. The van der Waals surface area contributed by atoms with Gasteiger partial charge in [0.05, 0.1) is 5.21 Å². The van der Waals surface area contributed by atoms with Crippen LogP contribution in [0.2, 0.25) is 0 Å². The molecule has 0 aromatic heterocycles. The van der Waals surface area contributed by atoms with Gasteiger partial charge >= 0.3 is 10.2 Å². The van der Waals surface area contributed by atoms with Gasteiger partial charge in [0.1, 0.15) is 0 Å². The van der Waals surface area contributed by atoms with Crippen LogP contribution < -0.4 is 8.85 Å². The Kier molecular flexibility index (Phi) is 4.53. The molecule has 1 aromatic carbocycles. The highest BCUT2D eigenvalue weighted by Gasteiger charge is 2.07. The largest absolute Gasteiger partial charge is 0.308 e. The average molecular weight is 253 g/mol. The third-order valence-electron chi connectivity index (χ3n) is 1.25. The molecule has 0 saturated heterocycles. The number of alkyl halides is 1. The Balaban J connectivity index is 2.60. The predicted octanol–water partition coefficient (Wildman–Crippen LogP) is 1.78. The zero-order valence-electron chi connectivity index (χ0n) is 7.10. The van der Waals surface area contributed by atoms with Gasteiger partial charge in [0.2, 0.25) is 0 Å². The third kappa shape index (κ3) is 4.19. The summed E-state index contributed by atoms with van der Waals surface area (Å²) in [5.41, 5.74) is 0.509. The first kappa shape index (κ1) is 11.6. The molecule has 0 saturated carbocycles. The fraction of sp³-hybridized carbons (Fsp3) is 0.143. The van der Waals surface area contributed by atoms with Gasteiger partial charge in [-0.15, -0.1) is 15.7 Å². The SMILES string of the molecule is O=S(=O)(NSCCl)Nc1ccccc1. The second-order valence-electron chi connectivity index (χ2n) is 2.31. The molecule has 0 bridgehead atoms. The van der Waals surface area contributed by atoms with E-state index in [1.165, 1.54) is 0 Å². The molecule has 78 valence electrons. The van der Waals surface area contributed by atoms with Crippen molar-refractivity contribution in [2.45, 2.75) is 0 Å². The maximum Gasteiger partial charge on any atom is 0.308 e. The van der Waals surface area contributed by atoms with Crippen molar-refractivity contribution in [3.63, 3.8) is 0 Å². The molecule has 0 heterocycles. The summed E-state index contributed by atoms with van der Waals surface area (Å²) in [6, 6.07) is 8.60. The van der Waals surface area contributed by atoms with E-state index in [4.69, 9.17) is 11.6 Å². The van der Waals surface area contributed by atoms with E-state index in [9.17, 15) is 8.42 Å². The molecule has 0 aliphatic rings. The smallest absolute Gasteiger partial charge is 0.270 e. The van der Waals surface area contributed by atoms with Crippen LogP contribution in [0.3, 0.4) is 0 Å². The van der Waals surface area contributed by atoms with Crippen molar-refractivity contribution in [1.29, 1.82) is 0 Å². The molecule has 1 aromatic rings. The molecular weight excluding hydrogens is 244 g/mol. The Morgan fingerprint density at radius 2 is 1.93 bits per heavy atom. The number of hydrogen-bond acceptors (Lipinski definition) is 3. The van der Waals surface area contributed by atoms with Crippen molar-refractivity contribution in [3.8, 4) is 0 Å². The van der Waals surface area contributed by atoms with Gasteiger partial charge < -0.3 is 0 Å². The third-order valence-corrected chi connectivity index (χ3v) is 3.54. The molecule has 14 heavy (non-hydrogen) atoms. The second kappa shape index (κ2) is 5.45. The number of para-hydroxylation sites is 1. The van der Waals surface area contributed by atoms with E-state index in [-0.39, 0.29) is 5.21 Å². The maximum atomic E-state index is 11.3. The van der Waals surface area contributed by atoms with Gasteiger partial charge in [-0.05, 0) is 24.1 Å². The molecule has 0 unspecified atom stereocenters. The van der Waals surface area contributed by atoms with Crippen LogP contribution in [0.5, 0.6) is 0 Å². The number of nitrogens with one attached hydrogen (secondary N) is 2. The summed E-state index contributed by atoms with van der Waals surface area (Å²) in [7, 11) is -3.52. The number of hydrogen-bond donors (Lipinski definition) is 2. The Morgan fingerprint density at radius 1 is 1.29 bits per heavy atom. The van der Waals surface area contributed by atoms with E-state index < -0.39 is 10.2 Å². The lowest BCUT2D eigenvalue weighted by Crippen LogP contribution is -2.24. The lowest BCUT2D eigenvalue weighted by molar-refractivity contribution is 0.600. The first-order valence-electron chi connectivity index (χ1n) is 3.66. The van der Waals surface area contributed by atoms with Crippen LogP contribution in [0.15, 0.2) is 30.3 Å². The van der Waals surface area contributed by atoms with E-state index in [0.29, 0.717) is 5.69 Å². The molecule has 0 aliphatic carbocycles. The van der Waals surface area contributed by atoms with Crippen molar-refractivity contribution in [1.82, 2.24) is 4.13 Å². The minimum atomic E-state index is -3.52. The summed E-state index contributed by atoms with van der Waals surface area (Å²) in [5, 5.41) is 0.162. The van der Waals surface area contributed by atoms with Gasteiger partial charge in [-0.2, -0.15) is 8.42 Å². The molecule has 4 nitrogen and oxygen atoms in total. The Labute approximate surface area is 92.4 Å². The predicted molar refractivity (Wildman–Crippen MR) is 60.4 cm³/mol. The summed E-state index contributed by atoms with van der Waals surface area (Å²) >= 11 is 6.22. The normalized spacial score (nSPS) is 11.2. The highest BCUT2D eigenvalue weighted by atomic mass is 35.5. The van der Waals surface area contributed by atoms with E-state index in [0.717, 1.165) is 11.9 Å². The fourth-order valence-electron chi connectivity index (χ4n) is 0.782. The van der Waals surface area contributed by atoms with E-state index in [1.807, 2.05) is 0 Å².